The Morgan fingerprint density at radius 3 is 0.427 bits per heavy atom. The molecule has 0 bridgehead atoms. The molecule has 0 N–H and O–H groups in total. The number of ether oxygens (including phenoxy) is 6. The summed E-state index contributed by atoms with van der Waals surface area (Å²) in [5, 5.41) is 66.8. The van der Waals surface area contributed by atoms with Crippen molar-refractivity contribution in [1.29, 1.82) is 0 Å². The molecule has 0 unspecified atom stereocenters. The molecule has 18 nitrogen and oxygen atoms in total. The van der Waals surface area contributed by atoms with Crippen LogP contribution in [0.5, 0.6) is 69.0 Å². The Morgan fingerprint density at radius 1 is 0.253 bits per heavy atom. The molecule has 3 radical (unpaired) electrons. The van der Waals surface area contributed by atoms with E-state index in [-0.39, 0.29) is 154 Å². The normalized spacial score (nSPS) is 9.12. The van der Waals surface area contributed by atoms with Gasteiger partial charge in [-0.1, -0.05) is 34.5 Å². The first kappa shape index (κ1) is 71.7. The van der Waals surface area contributed by atoms with Gasteiger partial charge in [0.2, 0.25) is 0 Å². The van der Waals surface area contributed by atoms with Crippen LogP contribution in [0.4, 0.5) is 0 Å². The van der Waals surface area contributed by atoms with E-state index in [1.165, 1.54) is 157 Å². The van der Waals surface area contributed by atoms with Crippen molar-refractivity contribution in [3.8, 4) is 69.0 Å². The Balaban J connectivity index is -0.000000823. The summed E-state index contributed by atoms with van der Waals surface area (Å²) in [7, 11) is 8.85. The fourth-order valence-electron chi connectivity index (χ4n) is 5.52. The van der Waals surface area contributed by atoms with Gasteiger partial charge >= 0.3 is 51.2 Å². The predicted molar refractivity (Wildman–Crippen MR) is 255 cm³/mol. The van der Waals surface area contributed by atoms with Gasteiger partial charge in [0.15, 0.2) is 34.7 Å². The zero-order valence-corrected chi connectivity index (χ0v) is 46.4. The van der Waals surface area contributed by atoms with Crippen LogP contribution in [0.3, 0.4) is 0 Å². The number of hydrogen-bond donors (Lipinski definition) is 0. The summed E-state index contributed by atoms with van der Waals surface area (Å²) >= 11 is 0. The monoisotopic (exact) mass is 1160 g/mol. The molecule has 6 rings (SSSR count). The average Bonchev–Trinajstić information content (AvgIpc) is 3.33. The Bertz CT molecular complexity index is 2340. The fourth-order valence-corrected chi connectivity index (χ4v) is 5.52. The SMILES string of the molecule is COc1ccc(C(C)=O)c([O-])c1.COc1ccc(C(C)=O)c([O-])c1.COc1ccc(C(C)=O)c([O-])c1.COc1ccc(C(C)=O)c([O-])c1.COc1ccc(C(C)=O)c([O-])c1.COc1ccc(C(C)=O)c([O-])c1.[Mn+2].[Mn+2].[Mn+2]. The van der Waals surface area contributed by atoms with Gasteiger partial charge in [-0.2, -0.15) is 0 Å². The summed E-state index contributed by atoms with van der Waals surface area (Å²) < 4.78 is 28.9. The second kappa shape index (κ2) is 36.4. The number of Topliss-reactive ketones (excluding diaryl/α,β-unsaturated/α-hetero) is 6. The van der Waals surface area contributed by atoms with Crippen LogP contribution in [0, 0.1) is 0 Å². The summed E-state index contributed by atoms with van der Waals surface area (Å²) in [6.45, 7) is 8.19. The molecular weight excluding hydrogens is 1100 g/mol. The molecule has 399 valence electrons. The van der Waals surface area contributed by atoms with Gasteiger partial charge in [-0.3, -0.25) is 28.8 Å². The van der Waals surface area contributed by atoms with Crippen LogP contribution in [0.2, 0.25) is 0 Å². The third-order valence-corrected chi connectivity index (χ3v) is 9.41. The molecule has 6 aromatic carbocycles. The van der Waals surface area contributed by atoms with Crippen LogP contribution in [-0.4, -0.2) is 77.4 Å². The molecule has 0 spiro atoms. The Kier molecular flexibility index (Phi) is 34.8. The molecule has 21 heteroatoms. The van der Waals surface area contributed by atoms with Crippen molar-refractivity contribution in [1.82, 2.24) is 0 Å². The number of benzene rings is 6. The quantitative estimate of drug-likeness (QED) is 0.103. The number of methoxy groups -OCH3 is 6. The minimum absolute atomic E-state index is 0. The number of hydrogen-bond acceptors (Lipinski definition) is 18. The zero-order chi connectivity index (χ0) is 54.8. The first-order chi connectivity index (χ1) is 33.9. The van der Waals surface area contributed by atoms with Crippen molar-refractivity contribution in [3.05, 3.63) is 143 Å². The third kappa shape index (κ3) is 24.4. The number of rotatable bonds is 12. The Labute approximate surface area is 467 Å². The molecule has 0 aliphatic heterocycles. The van der Waals surface area contributed by atoms with E-state index >= 15 is 0 Å². The first-order valence-electron chi connectivity index (χ1n) is 21.1. The summed E-state index contributed by atoms with van der Waals surface area (Å²) in [5.41, 5.74) is 1.23. The van der Waals surface area contributed by atoms with Crippen LogP contribution in [0.25, 0.3) is 0 Å². The maximum atomic E-state index is 11.1. The van der Waals surface area contributed by atoms with E-state index in [0.717, 1.165) is 0 Å². The van der Waals surface area contributed by atoms with E-state index in [0.29, 0.717) is 34.5 Å². The molecule has 0 amide bonds. The second-order valence-electron chi connectivity index (χ2n) is 14.5. The van der Waals surface area contributed by atoms with Crippen molar-refractivity contribution in [2.24, 2.45) is 0 Å². The van der Waals surface area contributed by atoms with E-state index in [1.807, 2.05) is 0 Å². The second-order valence-corrected chi connectivity index (χ2v) is 14.5. The van der Waals surface area contributed by atoms with Crippen LogP contribution < -0.4 is 59.1 Å². The molecule has 0 fully saturated rings. The minimum Gasteiger partial charge on any atom is -0.872 e. The molecule has 75 heavy (non-hydrogen) atoms. The van der Waals surface area contributed by atoms with E-state index in [2.05, 4.69) is 0 Å². The molecule has 0 saturated carbocycles. The zero-order valence-electron chi connectivity index (χ0n) is 42.9. The summed E-state index contributed by atoms with van der Waals surface area (Å²) in [6, 6.07) is 26.2. The predicted octanol–water partition coefficient (Wildman–Crippen LogP) is 5.82. The van der Waals surface area contributed by atoms with Crippen molar-refractivity contribution in [2.45, 2.75) is 41.5 Å². The van der Waals surface area contributed by atoms with E-state index < -0.39 is 0 Å². The van der Waals surface area contributed by atoms with Gasteiger partial charge < -0.3 is 59.1 Å². The van der Waals surface area contributed by atoms with Gasteiger partial charge in [0.05, 0.1) is 42.7 Å². The van der Waals surface area contributed by atoms with E-state index in [4.69, 9.17) is 28.4 Å². The summed E-state index contributed by atoms with van der Waals surface area (Å²) in [5.74, 6) is -0.197. The van der Waals surface area contributed by atoms with Crippen LogP contribution in [0.15, 0.2) is 109 Å². The maximum Gasteiger partial charge on any atom is 2.00 e. The number of ketones is 6. The average molecular weight is 1160 g/mol. The van der Waals surface area contributed by atoms with Crippen LogP contribution >= 0.6 is 0 Å². The van der Waals surface area contributed by atoms with Gasteiger partial charge in [0.1, 0.15) is 34.5 Å². The standard InChI is InChI=1S/6C9H10O3.3Mn/c6*1-6(10)8-4-3-7(12-2)5-9(8)11;;;/h6*3-5,11H,1-2H3;;;/q;;;;;;3*+2/p-6. The van der Waals surface area contributed by atoms with Gasteiger partial charge in [-0.05, 0) is 151 Å². The number of carbonyl (C=O) groups is 6. The fraction of sp³-hybridized carbons (Fsp3) is 0.222. The molecule has 6 aromatic rings. The van der Waals surface area contributed by atoms with Gasteiger partial charge in [0, 0.05) is 33.4 Å². The molecule has 0 atom stereocenters. The molecule has 0 aliphatic rings. The van der Waals surface area contributed by atoms with Crippen LogP contribution in [-0.2, 0) is 51.2 Å². The third-order valence-electron chi connectivity index (χ3n) is 9.41. The van der Waals surface area contributed by atoms with Gasteiger partial charge in [0.25, 0.3) is 0 Å². The topological polar surface area (TPSA) is 296 Å². The first-order valence-corrected chi connectivity index (χ1v) is 21.1. The van der Waals surface area contributed by atoms with Gasteiger partial charge in [-0.15, -0.1) is 0 Å². The van der Waals surface area contributed by atoms with Crippen molar-refractivity contribution >= 4 is 34.7 Å². The van der Waals surface area contributed by atoms with E-state index in [9.17, 15) is 59.4 Å². The Morgan fingerprint density at radius 2 is 0.360 bits per heavy atom. The largest absolute Gasteiger partial charge is 2.00 e. The molecule has 0 heterocycles. The smallest absolute Gasteiger partial charge is 0.872 e. The number of carbonyl (C=O) groups excluding carboxylic acids is 6. The summed E-state index contributed by atoms with van der Waals surface area (Å²) in [4.78, 5) is 65.0. The molecule has 0 saturated heterocycles. The minimum atomic E-state index is -0.290. The molecule has 0 aliphatic carbocycles. The Hall–Kier alpha value is -7.50. The molecular formula is C54H54Mn3O18. The van der Waals surface area contributed by atoms with Crippen molar-refractivity contribution in [2.75, 3.05) is 42.7 Å². The van der Waals surface area contributed by atoms with E-state index in [1.54, 1.807) is 36.4 Å². The van der Waals surface area contributed by atoms with Crippen LogP contribution in [0.1, 0.15) is 104 Å². The summed E-state index contributed by atoms with van der Waals surface area (Å²) in [6.07, 6.45) is 0. The van der Waals surface area contributed by atoms with Crippen molar-refractivity contribution < 1.29 is 139 Å². The van der Waals surface area contributed by atoms with Crippen molar-refractivity contribution in [3.63, 3.8) is 0 Å². The molecule has 0 aromatic heterocycles. The maximum absolute atomic E-state index is 11.1. The van der Waals surface area contributed by atoms with Gasteiger partial charge in [-0.25, -0.2) is 0 Å².